The monoisotopic (exact) mass is 292 g/mol. The highest BCUT2D eigenvalue weighted by Gasteiger charge is 2.48. The minimum atomic E-state index is -0.609. The number of nitrogens with zero attached hydrogens (tertiary/aromatic N) is 2. The summed E-state index contributed by atoms with van der Waals surface area (Å²) in [6, 6.07) is 12.4. The van der Waals surface area contributed by atoms with Gasteiger partial charge in [0, 0.05) is 22.2 Å². The molecule has 0 saturated heterocycles. The van der Waals surface area contributed by atoms with E-state index in [0.29, 0.717) is 9.82 Å². The summed E-state index contributed by atoms with van der Waals surface area (Å²) in [4.78, 5) is 37.2. The number of Topliss-reactive ketones (excluding diaryl/α,β-unsaturated/α-hetero) is 2. The molecule has 2 aromatic rings. The van der Waals surface area contributed by atoms with Crippen molar-refractivity contribution >= 4 is 22.9 Å². The maximum Gasteiger partial charge on any atom is 0.338 e. The molecular formula is C16H8N2O4. The second-order valence-corrected chi connectivity index (χ2v) is 4.98. The molecule has 0 atom stereocenters. The van der Waals surface area contributed by atoms with Crippen molar-refractivity contribution in [2.24, 2.45) is 0 Å². The van der Waals surface area contributed by atoms with E-state index in [-0.39, 0.29) is 22.5 Å². The molecule has 0 aromatic heterocycles. The summed E-state index contributed by atoms with van der Waals surface area (Å²) in [5, 5.41) is 12.7. The number of nitroso groups, excluding NO2 is 1. The number of carbonyl (C=O) groups excluding carboxylic acids is 2. The minimum Gasteiger partial charge on any atom is -0.753 e. The van der Waals surface area contributed by atoms with Gasteiger partial charge in [-0.2, -0.15) is 0 Å². The normalized spacial score (nSPS) is 19.7. The van der Waals surface area contributed by atoms with Gasteiger partial charge in [-0.05, 0) is 18.2 Å². The zero-order valence-corrected chi connectivity index (χ0v) is 11.1. The van der Waals surface area contributed by atoms with Crippen LogP contribution >= 0.6 is 0 Å². The lowest BCUT2D eigenvalue weighted by atomic mass is 10.1. The first-order valence-corrected chi connectivity index (χ1v) is 6.57. The fourth-order valence-corrected chi connectivity index (χ4v) is 2.77. The van der Waals surface area contributed by atoms with Crippen LogP contribution in [-0.2, 0) is 0 Å². The summed E-state index contributed by atoms with van der Waals surface area (Å²) in [6.45, 7) is 0. The van der Waals surface area contributed by atoms with Crippen LogP contribution in [0.4, 0.5) is 11.4 Å². The van der Waals surface area contributed by atoms with Crippen molar-refractivity contribution in [2.45, 2.75) is 0 Å². The Morgan fingerprint density at radius 1 is 0.864 bits per heavy atom. The minimum absolute atomic E-state index is 0.146. The molecule has 0 bridgehead atoms. The Bertz CT molecular complexity index is 877. The number of anilines is 1. The van der Waals surface area contributed by atoms with Gasteiger partial charge < -0.3 is 10.3 Å². The number of para-hydroxylation sites is 2. The number of benzene rings is 2. The molecule has 0 unspecified atom stereocenters. The topological polar surface area (TPSA) is 80.5 Å². The second-order valence-electron chi connectivity index (χ2n) is 4.98. The predicted octanol–water partition coefficient (Wildman–Crippen LogP) is 2.71. The average Bonchev–Trinajstić information content (AvgIpc) is 2.94. The third-order valence-corrected chi connectivity index (χ3v) is 3.80. The molecule has 2 aliphatic rings. The van der Waals surface area contributed by atoms with Crippen molar-refractivity contribution in [1.29, 1.82) is 0 Å². The van der Waals surface area contributed by atoms with Crippen LogP contribution in [0.1, 0.15) is 20.7 Å². The highest BCUT2D eigenvalue weighted by Crippen LogP contribution is 2.40. The summed E-state index contributed by atoms with van der Waals surface area (Å²) < 4.78 is 0.363. The Morgan fingerprint density at radius 3 is 2.18 bits per heavy atom. The fraction of sp³-hybridized carbons (Fsp3) is 0. The molecule has 0 radical (unpaired) electrons. The molecule has 0 N–H and O–H groups in total. The number of carbonyl (C=O) groups is 2. The van der Waals surface area contributed by atoms with Gasteiger partial charge in [0.1, 0.15) is 5.56 Å². The number of ketones is 2. The van der Waals surface area contributed by atoms with Crippen LogP contribution in [0.15, 0.2) is 59.9 Å². The van der Waals surface area contributed by atoms with Gasteiger partial charge in [0.15, 0.2) is 5.70 Å². The lowest BCUT2D eigenvalue weighted by Gasteiger charge is -2.24. The molecule has 4 rings (SSSR count). The van der Waals surface area contributed by atoms with Gasteiger partial charge in [0.25, 0.3) is 11.5 Å². The molecule has 0 saturated carbocycles. The van der Waals surface area contributed by atoms with E-state index < -0.39 is 23.0 Å². The third kappa shape index (κ3) is 1.41. The van der Waals surface area contributed by atoms with Crippen molar-refractivity contribution < 1.29 is 14.3 Å². The molecule has 0 aliphatic carbocycles. The van der Waals surface area contributed by atoms with Crippen LogP contribution in [0.3, 0.4) is 0 Å². The van der Waals surface area contributed by atoms with E-state index in [1.165, 1.54) is 24.3 Å². The molecule has 2 aromatic carbocycles. The standard InChI is InChI=1S/C16H8N2O4/c19-15-9-5-1-3-7-11(9)17(21)13(15)14-16(20)10-6-2-4-8-12(10)18(14)22/h1-8H. The van der Waals surface area contributed by atoms with Gasteiger partial charge in [-0.1, -0.05) is 24.3 Å². The maximum absolute atomic E-state index is 12.4. The highest BCUT2D eigenvalue weighted by atomic mass is 16.5. The molecule has 2 aliphatic heterocycles. The number of hydrogen-bond acceptors (Lipinski definition) is 5. The summed E-state index contributed by atoms with van der Waals surface area (Å²) >= 11 is 0. The number of fused-ring (bicyclic) bond motifs is 2. The van der Waals surface area contributed by atoms with Crippen molar-refractivity contribution in [3.05, 3.63) is 81.2 Å². The van der Waals surface area contributed by atoms with Crippen molar-refractivity contribution in [3.8, 4) is 0 Å². The molecule has 6 nitrogen and oxygen atoms in total. The van der Waals surface area contributed by atoms with Crippen molar-refractivity contribution in [1.82, 2.24) is 0 Å². The van der Waals surface area contributed by atoms with Gasteiger partial charge in [-0.3, -0.25) is 9.59 Å². The molecule has 0 spiro atoms. The van der Waals surface area contributed by atoms with Crippen LogP contribution in [0, 0.1) is 10.1 Å². The molecular weight excluding hydrogens is 284 g/mol. The quantitative estimate of drug-likeness (QED) is 0.551. The van der Waals surface area contributed by atoms with E-state index in [0.717, 1.165) is 0 Å². The summed E-state index contributed by atoms with van der Waals surface area (Å²) in [5.41, 5.74) is -0.163. The highest BCUT2D eigenvalue weighted by molar-refractivity contribution is 6.25. The number of rotatable bonds is 0. The third-order valence-electron chi connectivity index (χ3n) is 3.80. The summed E-state index contributed by atoms with van der Waals surface area (Å²) in [5.74, 6) is -1.22. The van der Waals surface area contributed by atoms with Crippen LogP contribution in [0.2, 0.25) is 0 Å². The Labute approximate surface area is 124 Å². The van der Waals surface area contributed by atoms with Crippen LogP contribution in [0.5, 0.6) is 0 Å². The average molecular weight is 292 g/mol. The molecule has 0 fully saturated rings. The van der Waals surface area contributed by atoms with E-state index >= 15 is 0 Å². The number of allylic oxidation sites excluding steroid dienone is 2. The van der Waals surface area contributed by atoms with Gasteiger partial charge in [-0.25, -0.2) is 0 Å². The second kappa shape index (κ2) is 4.19. The molecule has 2 heterocycles. The van der Waals surface area contributed by atoms with Gasteiger partial charge in [-0.15, -0.1) is 0 Å². The van der Waals surface area contributed by atoms with E-state index in [2.05, 4.69) is 0 Å². The van der Waals surface area contributed by atoms with Gasteiger partial charge in [0.05, 0.1) is 4.76 Å². The Balaban J connectivity index is 1.97. The number of hydrogen-bond donors (Lipinski definition) is 0. The van der Waals surface area contributed by atoms with E-state index in [9.17, 15) is 19.7 Å². The van der Waals surface area contributed by atoms with Gasteiger partial charge >= 0.3 is 5.70 Å². The van der Waals surface area contributed by atoms with Crippen molar-refractivity contribution in [3.63, 3.8) is 0 Å². The SMILES string of the molecule is O=C1C(=C2C(=O)c3ccccc3[N+]2=O)N([O-])c2ccccc21. The smallest absolute Gasteiger partial charge is 0.338 e. The Kier molecular flexibility index (Phi) is 2.40. The van der Waals surface area contributed by atoms with Crippen LogP contribution < -0.4 is 5.06 Å². The molecule has 106 valence electrons. The van der Waals surface area contributed by atoms with Crippen LogP contribution in [-0.4, -0.2) is 16.3 Å². The predicted molar refractivity (Wildman–Crippen MR) is 77.7 cm³/mol. The molecule has 0 amide bonds. The zero-order valence-electron chi connectivity index (χ0n) is 11.1. The molecule has 6 heteroatoms. The summed E-state index contributed by atoms with van der Waals surface area (Å²) in [6.07, 6.45) is 0. The lowest BCUT2D eigenvalue weighted by Crippen LogP contribution is -2.20. The van der Waals surface area contributed by atoms with E-state index in [1.807, 2.05) is 0 Å². The first-order chi connectivity index (χ1) is 10.6. The number of hydroxylamine groups is 1. The maximum atomic E-state index is 12.4. The molecule has 22 heavy (non-hydrogen) atoms. The zero-order chi connectivity index (χ0) is 15.4. The largest absolute Gasteiger partial charge is 0.753 e. The first-order valence-electron chi connectivity index (χ1n) is 6.57. The fourth-order valence-electron chi connectivity index (χ4n) is 2.77. The first kappa shape index (κ1) is 12.6. The van der Waals surface area contributed by atoms with E-state index in [1.54, 1.807) is 24.3 Å². The van der Waals surface area contributed by atoms with Crippen molar-refractivity contribution in [2.75, 3.05) is 5.06 Å². The summed E-state index contributed by atoms with van der Waals surface area (Å²) in [7, 11) is 0. The van der Waals surface area contributed by atoms with Gasteiger partial charge in [0.2, 0.25) is 5.78 Å². The Hall–Kier alpha value is -3.12. The van der Waals surface area contributed by atoms with Crippen LogP contribution in [0.25, 0.3) is 0 Å². The van der Waals surface area contributed by atoms with E-state index in [4.69, 9.17) is 0 Å². The Morgan fingerprint density at radius 2 is 1.50 bits per heavy atom. The lowest BCUT2D eigenvalue weighted by molar-refractivity contribution is -0.394.